The summed E-state index contributed by atoms with van der Waals surface area (Å²) in [4.78, 5) is 31.9. The molecule has 5 rings (SSSR count). The molecule has 3 aromatic rings. The Morgan fingerprint density at radius 1 is 0.902 bits per heavy atom. The molecule has 1 aromatic heterocycles. The van der Waals surface area contributed by atoms with Crippen molar-refractivity contribution in [2.24, 2.45) is 7.05 Å². The maximum Gasteiger partial charge on any atom is 0.410 e. The van der Waals surface area contributed by atoms with Gasteiger partial charge in [0.05, 0.1) is 0 Å². The minimum Gasteiger partial charge on any atom is -0.444 e. The van der Waals surface area contributed by atoms with E-state index in [1.807, 2.05) is 43.4 Å². The van der Waals surface area contributed by atoms with Crippen molar-refractivity contribution in [2.45, 2.75) is 58.1 Å². The number of carbonyl (C=O) groups excluding carboxylic acids is 2. The van der Waals surface area contributed by atoms with Crippen molar-refractivity contribution >= 4 is 22.9 Å². The largest absolute Gasteiger partial charge is 0.444 e. The lowest BCUT2D eigenvalue weighted by molar-refractivity contribution is 0.0204. The summed E-state index contributed by atoms with van der Waals surface area (Å²) in [5.41, 5.74) is 3.47. The molecule has 2 fully saturated rings. The number of likely N-dealkylation sites (tertiary alicyclic amines) is 1. The van der Waals surface area contributed by atoms with E-state index in [1.54, 1.807) is 17.0 Å². The Morgan fingerprint density at radius 2 is 1.56 bits per heavy atom. The first-order valence-electron chi connectivity index (χ1n) is 14.4. The van der Waals surface area contributed by atoms with Crippen LogP contribution in [0.2, 0.25) is 0 Å². The first kappa shape index (κ1) is 29.0. The highest BCUT2D eigenvalue weighted by Gasteiger charge is 2.29. The Kier molecular flexibility index (Phi) is 8.36. The summed E-state index contributed by atoms with van der Waals surface area (Å²) >= 11 is 0. The molecule has 2 aliphatic heterocycles. The molecule has 2 aliphatic rings. The van der Waals surface area contributed by atoms with Crippen molar-refractivity contribution in [1.29, 1.82) is 0 Å². The summed E-state index contributed by atoms with van der Waals surface area (Å²) < 4.78 is 33.2. The molecule has 0 aliphatic carbocycles. The van der Waals surface area contributed by atoms with Crippen molar-refractivity contribution < 1.29 is 23.1 Å². The zero-order valence-electron chi connectivity index (χ0n) is 24.4. The standard InChI is InChI=1S/C32H40F2N4O3/c1-32(2,3)41-31(40)38-13-11-23(12-14-38)25-9-10-27-26(19-25)20-28(35(27)4)30(39)37-17-15-36(16-18-37)21-22-5-7-24(8-6-22)29(33)34/h5-10,19-20,23,29H,11-18,21H2,1-4H3. The molecule has 7 nitrogen and oxygen atoms in total. The molecule has 0 spiro atoms. The number of piperidine rings is 1. The van der Waals surface area contributed by atoms with Crippen molar-refractivity contribution in [3.63, 3.8) is 0 Å². The first-order chi connectivity index (χ1) is 19.5. The Balaban J connectivity index is 1.18. The average Bonchev–Trinajstić information content (AvgIpc) is 3.28. The van der Waals surface area contributed by atoms with Gasteiger partial charge in [-0.2, -0.15) is 0 Å². The smallest absolute Gasteiger partial charge is 0.410 e. The fourth-order valence-electron chi connectivity index (χ4n) is 5.85. The van der Waals surface area contributed by atoms with Crippen LogP contribution in [0.25, 0.3) is 10.9 Å². The number of hydrogen-bond donors (Lipinski definition) is 0. The minimum atomic E-state index is -2.46. The zero-order valence-corrected chi connectivity index (χ0v) is 24.4. The van der Waals surface area contributed by atoms with Crippen molar-refractivity contribution in [3.05, 3.63) is 70.9 Å². The SMILES string of the molecule is Cn1c(C(=O)N2CCN(Cc3ccc(C(F)F)cc3)CC2)cc2cc(C3CCN(C(=O)OC(C)(C)C)CC3)ccc21. The molecule has 2 saturated heterocycles. The van der Waals surface area contributed by atoms with Gasteiger partial charge in [0, 0.05) is 69.3 Å². The number of piperazine rings is 1. The van der Waals surface area contributed by atoms with E-state index in [0.29, 0.717) is 44.3 Å². The van der Waals surface area contributed by atoms with Crippen LogP contribution in [0.1, 0.15) is 73.1 Å². The van der Waals surface area contributed by atoms with Gasteiger partial charge < -0.3 is 19.1 Å². The summed E-state index contributed by atoms with van der Waals surface area (Å²) in [6.07, 6.45) is -0.945. The number of fused-ring (bicyclic) bond motifs is 1. The Morgan fingerprint density at radius 3 is 2.17 bits per heavy atom. The highest BCUT2D eigenvalue weighted by Crippen LogP contribution is 2.32. The van der Waals surface area contributed by atoms with Crippen LogP contribution in [-0.4, -0.2) is 76.1 Å². The Labute approximate surface area is 240 Å². The van der Waals surface area contributed by atoms with Gasteiger partial charge in [0.25, 0.3) is 12.3 Å². The fourth-order valence-corrected chi connectivity index (χ4v) is 5.85. The first-order valence-corrected chi connectivity index (χ1v) is 14.4. The number of benzene rings is 2. The van der Waals surface area contributed by atoms with Crippen LogP contribution < -0.4 is 0 Å². The molecule has 41 heavy (non-hydrogen) atoms. The van der Waals surface area contributed by atoms with Crippen LogP contribution in [0.3, 0.4) is 0 Å². The molecule has 0 atom stereocenters. The molecule has 9 heteroatoms. The summed E-state index contributed by atoms with van der Waals surface area (Å²) in [6.45, 7) is 10.4. The second kappa shape index (κ2) is 11.8. The summed E-state index contributed by atoms with van der Waals surface area (Å²) in [5.74, 6) is 0.383. The van der Waals surface area contributed by atoms with Gasteiger partial charge in [0.15, 0.2) is 0 Å². The quantitative estimate of drug-likeness (QED) is 0.370. The molecule has 2 amide bonds. The molecule has 0 bridgehead atoms. The number of rotatable bonds is 5. The van der Waals surface area contributed by atoms with Gasteiger partial charge in [-0.3, -0.25) is 9.69 Å². The highest BCUT2D eigenvalue weighted by molar-refractivity contribution is 5.99. The summed E-state index contributed by atoms with van der Waals surface area (Å²) in [6, 6.07) is 14.9. The maximum atomic E-state index is 13.5. The molecule has 0 radical (unpaired) electrons. The predicted octanol–water partition coefficient (Wildman–Crippen LogP) is 6.19. The molecule has 0 saturated carbocycles. The fraction of sp³-hybridized carbons (Fsp3) is 0.500. The van der Waals surface area contributed by atoms with Gasteiger partial charge in [-0.1, -0.05) is 30.3 Å². The number of hydrogen-bond acceptors (Lipinski definition) is 4. The van der Waals surface area contributed by atoms with E-state index in [4.69, 9.17) is 4.74 Å². The van der Waals surface area contributed by atoms with Gasteiger partial charge in [-0.05, 0) is 68.9 Å². The number of alkyl halides is 2. The van der Waals surface area contributed by atoms with Crippen LogP contribution in [0, 0.1) is 0 Å². The van der Waals surface area contributed by atoms with E-state index in [-0.39, 0.29) is 17.6 Å². The van der Waals surface area contributed by atoms with Gasteiger partial charge in [0.1, 0.15) is 11.3 Å². The molecule has 0 N–H and O–H groups in total. The van der Waals surface area contributed by atoms with Gasteiger partial charge in [-0.25, -0.2) is 13.6 Å². The van der Waals surface area contributed by atoms with E-state index in [9.17, 15) is 18.4 Å². The Bertz CT molecular complexity index is 1380. The monoisotopic (exact) mass is 566 g/mol. The second-order valence-electron chi connectivity index (χ2n) is 12.3. The molecule has 0 unspecified atom stereocenters. The number of ether oxygens (including phenoxy) is 1. The number of aryl methyl sites for hydroxylation is 1. The Hall–Kier alpha value is -3.46. The number of halogens is 2. The summed E-state index contributed by atoms with van der Waals surface area (Å²) in [7, 11) is 1.94. The average molecular weight is 567 g/mol. The molecular weight excluding hydrogens is 526 g/mol. The van der Waals surface area contributed by atoms with Crippen LogP contribution in [0.5, 0.6) is 0 Å². The van der Waals surface area contributed by atoms with Crippen molar-refractivity contribution in [3.8, 4) is 0 Å². The van der Waals surface area contributed by atoms with E-state index < -0.39 is 12.0 Å². The third-order valence-electron chi connectivity index (χ3n) is 8.20. The third kappa shape index (κ3) is 6.72. The third-order valence-corrected chi connectivity index (χ3v) is 8.20. The number of aromatic nitrogens is 1. The summed E-state index contributed by atoms with van der Waals surface area (Å²) in [5, 5.41) is 1.05. The lowest BCUT2D eigenvalue weighted by Crippen LogP contribution is -2.48. The van der Waals surface area contributed by atoms with Crippen molar-refractivity contribution in [1.82, 2.24) is 19.3 Å². The van der Waals surface area contributed by atoms with E-state index in [0.717, 1.165) is 42.4 Å². The predicted molar refractivity (Wildman–Crippen MR) is 155 cm³/mol. The van der Waals surface area contributed by atoms with E-state index in [2.05, 4.69) is 23.1 Å². The van der Waals surface area contributed by atoms with Crippen LogP contribution >= 0.6 is 0 Å². The normalized spacial score (nSPS) is 17.4. The van der Waals surface area contributed by atoms with Crippen molar-refractivity contribution in [2.75, 3.05) is 39.3 Å². The lowest BCUT2D eigenvalue weighted by Gasteiger charge is -2.34. The maximum absolute atomic E-state index is 13.5. The minimum absolute atomic E-state index is 0.0249. The van der Waals surface area contributed by atoms with Gasteiger partial charge >= 0.3 is 6.09 Å². The molecule has 220 valence electrons. The van der Waals surface area contributed by atoms with Gasteiger partial charge in [-0.15, -0.1) is 0 Å². The van der Waals surface area contributed by atoms with E-state index >= 15 is 0 Å². The van der Waals surface area contributed by atoms with E-state index in [1.165, 1.54) is 17.7 Å². The number of nitrogens with zero attached hydrogens (tertiary/aromatic N) is 4. The number of carbonyl (C=O) groups is 2. The van der Waals surface area contributed by atoms with Gasteiger partial charge in [0.2, 0.25) is 0 Å². The number of amides is 2. The lowest BCUT2D eigenvalue weighted by atomic mass is 9.89. The van der Waals surface area contributed by atoms with Crippen LogP contribution in [0.4, 0.5) is 13.6 Å². The second-order valence-corrected chi connectivity index (χ2v) is 12.3. The van der Waals surface area contributed by atoms with Crippen LogP contribution in [0.15, 0.2) is 48.5 Å². The molecular formula is C32H40F2N4O3. The van der Waals surface area contributed by atoms with Crippen LogP contribution in [-0.2, 0) is 18.3 Å². The zero-order chi connectivity index (χ0) is 29.3. The molecule has 2 aromatic carbocycles. The topological polar surface area (TPSA) is 58.0 Å². The molecule has 3 heterocycles. The highest BCUT2D eigenvalue weighted by atomic mass is 19.3.